The molecule has 0 unspecified atom stereocenters. The second-order valence-corrected chi connectivity index (χ2v) is 5.68. The van der Waals surface area contributed by atoms with Crippen molar-refractivity contribution in [2.24, 2.45) is 0 Å². The van der Waals surface area contributed by atoms with E-state index in [-0.39, 0.29) is 5.54 Å². The van der Waals surface area contributed by atoms with Crippen LogP contribution in [-0.2, 0) is 6.54 Å². The zero-order valence-corrected chi connectivity index (χ0v) is 11.7. The van der Waals surface area contributed by atoms with Crippen LogP contribution in [0.4, 0.5) is 0 Å². The van der Waals surface area contributed by atoms with E-state index in [1.54, 1.807) is 0 Å². The zero-order valence-electron chi connectivity index (χ0n) is 11.7. The van der Waals surface area contributed by atoms with Crippen molar-refractivity contribution in [2.75, 3.05) is 20.1 Å². The Morgan fingerprint density at radius 1 is 1.29 bits per heavy atom. The van der Waals surface area contributed by atoms with Gasteiger partial charge >= 0.3 is 0 Å². The predicted molar refractivity (Wildman–Crippen MR) is 73.1 cm³/mol. The Kier molecular flexibility index (Phi) is 5.09. The van der Waals surface area contributed by atoms with Crippen LogP contribution in [0.3, 0.4) is 0 Å². The van der Waals surface area contributed by atoms with Gasteiger partial charge in [-0.25, -0.2) is 0 Å². The summed E-state index contributed by atoms with van der Waals surface area (Å²) >= 11 is 0. The highest BCUT2D eigenvalue weighted by atomic mass is 15.1. The van der Waals surface area contributed by atoms with Crippen LogP contribution in [0, 0.1) is 6.92 Å². The lowest BCUT2D eigenvalue weighted by molar-refractivity contribution is 0.300. The van der Waals surface area contributed by atoms with Gasteiger partial charge in [-0.1, -0.05) is 6.07 Å². The fourth-order valence-electron chi connectivity index (χ4n) is 1.66. The third kappa shape index (κ3) is 6.39. The molecule has 0 saturated heterocycles. The van der Waals surface area contributed by atoms with Crippen LogP contribution >= 0.6 is 0 Å². The second-order valence-electron chi connectivity index (χ2n) is 5.68. The monoisotopic (exact) mass is 235 g/mol. The fraction of sp³-hybridized carbons (Fsp3) is 0.643. The van der Waals surface area contributed by atoms with Gasteiger partial charge in [0.25, 0.3) is 0 Å². The number of hydrogen-bond acceptors (Lipinski definition) is 3. The Labute approximate surface area is 105 Å². The minimum absolute atomic E-state index is 0.197. The van der Waals surface area contributed by atoms with Gasteiger partial charge in [0.05, 0.1) is 5.69 Å². The topological polar surface area (TPSA) is 28.2 Å². The Morgan fingerprint density at radius 3 is 2.59 bits per heavy atom. The first-order chi connectivity index (χ1) is 7.87. The predicted octanol–water partition coefficient (Wildman–Crippen LogP) is 2.21. The minimum atomic E-state index is 0.197. The first-order valence-corrected chi connectivity index (χ1v) is 6.23. The average molecular weight is 235 g/mol. The van der Waals surface area contributed by atoms with E-state index in [9.17, 15) is 0 Å². The van der Waals surface area contributed by atoms with Crippen molar-refractivity contribution in [2.45, 2.75) is 39.8 Å². The Balaban J connectivity index is 2.32. The SMILES string of the molecule is Cc1cccc(CN(C)CCNC(C)(C)C)n1. The van der Waals surface area contributed by atoms with Crippen molar-refractivity contribution in [1.82, 2.24) is 15.2 Å². The van der Waals surface area contributed by atoms with Crippen molar-refractivity contribution in [3.63, 3.8) is 0 Å². The van der Waals surface area contributed by atoms with Crippen LogP contribution in [0.1, 0.15) is 32.2 Å². The van der Waals surface area contributed by atoms with Crippen LogP contribution in [0.2, 0.25) is 0 Å². The highest BCUT2D eigenvalue weighted by molar-refractivity contribution is 5.09. The largest absolute Gasteiger partial charge is 0.311 e. The third-order valence-electron chi connectivity index (χ3n) is 2.53. The molecule has 3 nitrogen and oxygen atoms in total. The maximum Gasteiger partial charge on any atom is 0.0547 e. The summed E-state index contributed by atoms with van der Waals surface area (Å²) < 4.78 is 0. The lowest BCUT2D eigenvalue weighted by Crippen LogP contribution is -2.40. The molecule has 0 spiro atoms. The fourth-order valence-corrected chi connectivity index (χ4v) is 1.66. The number of rotatable bonds is 5. The normalized spacial score (nSPS) is 12.1. The molecule has 1 N–H and O–H groups in total. The number of nitrogens with one attached hydrogen (secondary N) is 1. The molecule has 1 rings (SSSR count). The van der Waals surface area contributed by atoms with E-state index >= 15 is 0 Å². The number of pyridine rings is 1. The maximum atomic E-state index is 4.51. The lowest BCUT2D eigenvalue weighted by atomic mass is 10.1. The van der Waals surface area contributed by atoms with Gasteiger partial charge in [0.15, 0.2) is 0 Å². The van der Waals surface area contributed by atoms with E-state index in [2.05, 4.69) is 55.2 Å². The van der Waals surface area contributed by atoms with E-state index in [4.69, 9.17) is 0 Å². The Morgan fingerprint density at radius 2 is 2.00 bits per heavy atom. The molecular formula is C14H25N3. The Hall–Kier alpha value is -0.930. The molecule has 1 aromatic rings. The van der Waals surface area contributed by atoms with Crippen LogP contribution in [0.5, 0.6) is 0 Å². The van der Waals surface area contributed by atoms with Crippen molar-refractivity contribution >= 4 is 0 Å². The smallest absolute Gasteiger partial charge is 0.0547 e. The molecule has 0 aliphatic rings. The molecule has 1 aromatic heterocycles. The molecule has 1 heterocycles. The summed E-state index contributed by atoms with van der Waals surface area (Å²) in [5, 5.41) is 3.49. The molecule has 3 heteroatoms. The molecule has 96 valence electrons. The molecule has 0 saturated carbocycles. The number of nitrogens with zero attached hydrogens (tertiary/aromatic N) is 2. The highest BCUT2D eigenvalue weighted by Gasteiger charge is 2.08. The van der Waals surface area contributed by atoms with Gasteiger partial charge in [-0.15, -0.1) is 0 Å². The van der Waals surface area contributed by atoms with E-state index in [0.29, 0.717) is 0 Å². The van der Waals surface area contributed by atoms with E-state index in [1.807, 2.05) is 13.0 Å². The number of aryl methyl sites for hydroxylation is 1. The number of likely N-dealkylation sites (N-methyl/N-ethyl adjacent to an activating group) is 1. The second kappa shape index (κ2) is 6.12. The summed E-state index contributed by atoms with van der Waals surface area (Å²) in [5.41, 5.74) is 2.43. The van der Waals surface area contributed by atoms with Crippen LogP contribution in [0.15, 0.2) is 18.2 Å². The molecule has 0 atom stereocenters. The number of hydrogen-bond donors (Lipinski definition) is 1. The van der Waals surface area contributed by atoms with Gasteiger partial charge in [-0.05, 0) is 46.9 Å². The summed E-state index contributed by atoms with van der Waals surface area (Å²) in [7, 11) is 2.13. The van der Waals surface area contributed by atoms with Gasteiger partial charge in [-0.2, -0.15) is 0 Å². The van der Waals surface area contributed by atoms with Crippen LogP contribution < -0.4 is 5.32 Å². The molecule has 0 aliphatic carbocycles. The Bertz CT molecular complexity index is 342. The van der Waals surface area contributed by atoms with Crippen LogP contribution in [0.25, 0.3) is 0 Å². The molecular weight excluding hydrogens is 210 g/mol. The van der Waals surface area contributed by atoms with Gasteiger partial charge in [0.2, 0.25) is 0 Å². The summed E-state index contributed by atoms with van der Waals surface area (Å²) in [6, 6.07) is 6.18. The zero-order chi connectivity index (χ0) is 12.9. The molecule has 0 aromatic carbocycles. The molecule has 0 fully saturated rings. The van der Waals surface area contributed by atoms with Crippen molar-refractivity contribution in [1.29, 1.82) is 0 Å². The average Bonchev–Trinajstić information content (AvgIpc) is 2.15. The quantitative estimate of drug-likeness (QED) is 0.848. The van der Waals surface area contributed by atoms with Gasteiger partial charge in [0.1, 0.15) is 0 Å². The molecule has 0 amide bonds. The van der Waals surface area contributed by atoms with Crippen molar-refractivity contribution in [3.8, 4) is 0 Å². The standard InChI is InChI=1S/C14H25N3/c1-12-7-6-8-13(16-12)11-17(5)10-9-15-14(2,3)4/h6-8,15H,9-11H2,1-5H3. The number of aromatic nitrogens is 1. The minimum Gasteiger partial charge on any atom is -0.311 e. The molecule has 0 aliphatic heterocycles. The first-order valence-electron chi connectivity index (χ1n) is 6.23. The maximum absolute atomic E-state index is 4.51. The summed E-state index contributed by atoms with van der Waals surface area (Å²) in [6.45, 7) is 11.6. The third-order valence-corrected chi connectivity index (χ3v) is 2.53. The van der Waals surface area contributed by atoms with E-state index in [1.165, 1.54) is 0 Å². The summed E-state index contributed by atoms with van der Waals surface area (Å²) in [5.74, 6) is 0. The molecule has 0 bridgehead atoms. The van der Waals surface area contributed by atoms with Gasteiger partial charge in [0, 0.05) is 30.9 Å². The summed E-state index contributed by atoms with van der Waals surface area (Å²) in [4.78, 5) is 6.80. The van der Waals surface area contributed by atoms with Gasteiger partial charge < -0.3 is 5.32 Å². The van der Waals surface area contributed by atoms with Gasteiger partial charge in [-0.3, -0.25) is 9.88 Å². The van der Waals surface area contributed by atoms with Crippen LogP contribution in [-0.4, -0.2) is 35.6 Å². The molecule has 17 heavy (non-hydrogen) atoms. The van der Waals surface area contributed by atoms with Crippen molar-refractivity contribution in [3.05, 3.63) is 29.6 Å². The first kappa shape index (κ1) is 14.1. The van der Waals surface area contributed by atoms with Crippen molar-refractivity contribution < 1.29 is 0 Å². The molecule has 0 radical (unpaired) electrons. The van der Waals surface area contributed by atoms with E-state index < -0.39 is 0 Å². The summed E-state index contributed by atoms with van der Waals surface area (Å²) in [6.07, 6.45) is 0. The highest BCUT2D eigenvalue weighted by Crippen LogP contribution is 2.02. The lowest BCUT2D eigenvalue weighted by Gasteiger charge is -2.23. The van der Waals surface area contributed by atoms with E-state index in [0.717, 1.165) is 31.0 Å².